The normalized spacial score (nSPS) is 12.5. The van der Waals surface area contributed by atoms with Crippen molar-refractivity contribution in [3.8, 4) is 0 Å². The highest BCUT2D eigenvalue weighted by Gasteiger charge is 2.09. The topological polar surface area (TPSA) is 12.0 Å². The molecule has 2 rings (SSSR count). The standard InChI is InChI=1S/C12H10Br2INS/c1-7(12-5-9(14)6-17-12)16-11-4-8(13)2-3-10(11)15/h2-7,16H,1H3. The van der Waals surface area contributed by atoms with Gasteiger partial charge in [0, 0.05) is 28.5 Å². The summed E-state index contributed by atoms with van der Waals surface area (Å²) in [5.41, 5.74) is 1.16. The molecule has 1 unspecified atom stereocenters. The predicted octanol–water partition coefficient (Wildman–Crippen LogP) is 6.05. The Morgan fingerprint density at radius 3 is 2.65 bits per heavy atom. The zero-order valence-corrected chi connectivity index (χ0v) is 15.2. The molecule has 0 amide bonds. The fraction of sp³-hybridized carbons (Fsp3) is 0.167. The Morgan fingerprint density at radius 2 is 2.00 bits per heavy atom. The van der Waals surface area contributed by atoms with Crippen LogP contribution in [0.5, 0.6) is 0 Å². The maximum absolute atomic E-state index is 3.53. The first-order valence-corrected chi connectivity index (χ1v) is 8.56. The molecule has 1 aromatic carbocycles. The molecule has 1 heterocycles. The molecule has 17 heavy (non-hydrogen) atoms. The molecular weight excluding hydrogens is 477 g/mol. The number of halogens is 3. The molecule has 1 N–H and O–H groups in total. The quantitative estimate of drug-likeness (QED) is 0.521. The lowest BCUT2D eigenvalue weighted by atomic mass is 10.2. The average Bonchev–Trinajstić information content (AvgIpc) is 2.70. The van der Waals surface area contributed by atoms with Crippen LogP contribution in [0.3, 0.4) is 0 Å². The maximum Gasteiger partial charge on any atom is 0.0579 e. The highest BCUT2D eigenvalue weighted by molar-refractivity contribution is 14.1. The van der Waals surface area contributed by atoms with Gasteiger partial charge in [0.05, 0.1) is 6.04 Å². The van der Waals surface area contributed by atoms with E-state index in [1.165, 1.54) is 8.45 Å². The molecule has 0 radical (unpaired) electrons. The molecule has 5 heteroatoms. The number of thiophene rings is 1. The van der Waals surface area contributed by atoms with E-state index < -0.39 is 0 Å². The summed E-state index contributed by atoms with van der Waals surface area (Å²) in [6, 6.07) is 8.74. The second kappa shape index (κ2) is 6.04. The molecule has 0 fully saturated rings. The highest BCUT2D eigenvalue weighted by atomic mass is 127. The van der Waals surface area contributed by atoms with Crippen LogP contribution in [0.25, 0.3) is 0 Å². The van der Waals surface area contributed by atoms with Crippen molar-refractivity contribution in [3.63, 3.8) is 0 Å². The molecule has 0 aliphatic carbocycles. The van der Waals surface area contributed by atoms with Gasteiger partial charge in [0.1, 0.15) is 0 Å². The monoisotopic (exact) mass is 485 g/mol. The van der Waals surface area contributed by atoms with Crippen molar-refractivity contribution in [2.24, 2.45) is 0 Å². The van der Waals surface area contributed by atoms with E-state index in [1.54, 1.807) is 11.3 Å². The van der Waals surface area contributed by atoms with Gasteiger partial charge in [-0.25, -0.2) is 0 Å². The lowest BCUT2D eigenvalue weighted by Crippen LogP contribution is -2.06. The van der Waals surface area contributed by atoms with Gasteiger partial charge < -0.3 is 5.32 Å². The third kappa shape index (κ3) is 3.68. The summed E-state index contributed by atoms with van der Waals surface area (Å²) >= 11 is 11.1. The third-order valence-electron chi connectivity index (χ3n) is 2.31. The smallest absolute Gasteiger partial charge is 0.0579 e. The zero-order chi connectivity index (χ0) is 12.4. The number of anilines is 1. The van der Waals surface area contributed by atoms with Gasteiger partial charge in [0.15, 0.2) is 0 Å². The van der Waals surface area contributed by atoms with Gasteiger partial charge in [0.2, 0.25) is 0 Å². The van der Waals surface area contributed by atoms with Gasteiger partial charge in [-0.15, -0.1) is 11.3 Å². The Hall–Kier alpha value is 0.410. The average molecular weight is 487 g/mol. The van der Waals surface area contributed by atoms with Gasteiger partial charge in [-0.1, -0.05) is 15.9 Å². The van der Waals surface area contributed by atoms with Crippen molar-refractivity contribution in [2.75, 3.05) is 5.32 Å². The first-order chi connectivity index (χ1) is 8.06. The van der Waals surface area contributed by atoms with E-state index in [0.717, 1.165) is 14.6 Å². The minimum Gasteiger partial charge on any atom is -0.377 e. The molecule has 0 saturated heterocycles. The van der Waals surface area contributed by atoms with Crippen LogP contribution in [0.2, 0.25) is 0 Å². The van der Waals surface area contributed by atoms with Crippen molar-refractivity contribution in [2.45, 2.75) is 13.0 Å². The van der Waals surface area contributed by atoms with Crippen LogP contribution >= 0.6 is 65.8 Å². The number of hydrogen-bond acceptors (Lipinski definition) is 2. The summed E-state index contributed by atoms with van der Waals surface area (Å²) in [5, 5.41) is 5.64. The number of nitrogens with one attached hydrogen (secondary N) is 1. The second-order valence-corrected chi connectivity index (χ2v) is 7.59. The molecule has 1 nitrogen and oxygen atoms in total. The first-order valence-electron chi connectivity index (χ1n) is 5.02. The molecule has 0 aliphatic rings. The number of benzene rings is 1. The predicted molar refractivity (Wildman–Crippen MR) is 90.9 cm³/mol. The van der Waals surface area contributed by atoms with Crippen molar-refractivity contribution >= 4 is 71.5 Å². The molecule has 0 bridgehead atoms. The summed E-state index contributed by atoms with van der Waals surface area (Å²) < 4.78 is 3.48. The highest BCUT2D eigenvalue weighted by Crippen LogP contribution is 2.30. The van der Waals surface area contributed by atoms with Crippen molar-refractivity contribution < 1.29 is 0 Å². The fourth-order valence-electron chi connectivity index (χ4n) is 1.47. The zero-order valence-electron chi connectivity index (χ0n) is 9.01. The van der Waals surface area contributed by atoms with E-state index in [1.807, 2.05) is 0 Å². The molecular formula is C12H10Br2INS. The number of rotatable bonds is 3. The van der Waals surface area contributed by atoms with Crippen LogP contribution in [-0.4, -0.2) is 0 Å². The molecule has 1 atom stereocenters. The largest absolute Gasteiger partial charge is 0.377 e. The summed E-state index contributed by atoms with van der Waals surface area (Å²) in [7, 11) is 0. The fourth-order valence-corrected chi connectivity index (χ4v) is 3.77. The van der Waals surface area contributed by atoms with Gasteiger partial charge in [-0.3, -0.25) is 0 Å². The van der Waals surface area contributed by atoms with Gasteiger partial charge in [-0.05, 0) is 69.7 Å². The van der Waals surface area contributed by atoms with Crippen LogP contribution in [0.1, 0.15) is 17.8 Å². The Balaban J connectivity index is 2.18. The summed E-state index contributed by atoms with van der Waals surface area (Å²) in [5.74, 6) is 0. The lowest BCUT2D eigenvalue weighted by molar-refractivity contribution is 0.906. The van der Waals surface area contributed by atoms with Gasteiger partial charge in [0.25, 0.3) is 0 Å². The Morgan fingerprint density at radius 1 is 1.24 bits per heavy atom. The Labute approximate surface area is 135 Å². The van der Waals surface area contributed by atoms with Gasteiger partial charge in [-0.2, -0.15) is 0 Å². The van der Waals surface area contributed by atoms with Crippen molar-refractivity contribution in [3.05, 3.63) is 47.0 Å². The Kier molecular flexibility index (Phi) is 4.91. The molecule has 0 aliphatic heterocycles. The summed E-state index contributed by atoms with van der Waals surface area (Å²) in [4.78, 5) is 1.33. The second-order valence-electron chi connectivity index (χ2n) is 3.66. The molecule has 90 valence electrons. The lowest BCUT2D eigenvalue weighted by Gasteiger charge is -2.15. The van der Waals surface area contributed by atoms with E-state index in [0.29, 0.717) is 6.04 Å². The van der Waals surface area contributed by atoms with Gasteiger partial charge >= 0.3 is 0 Å². The molecule has 2 aromatic rings. The van der Waals surface area contributed by atoms with Crippen molar-refractivity contribution in [1.82, 2.24) is 0 Å². The van der Waals surface area contributed by atoms with E-state index in [-0.39, 0.29) is 0 Å². The Bertz CT molecular complexity index is 527. The summed E-state index contributed by atoms with van der Waals surface area (Å²) in [6.07, 6.45) is 0. The molecule has 0 saturated carbocycles. The minimum atomic E-state index is 0.314. The van der Waals surface area contributed by atoms with Crippen LogP contribution in [0.15, 0.2) is 38.6 Å². The molecule has 1 aromatic heterocycles. The van der Waals surface area contributed by atoms with E-state index in [9.17, 15) is 0 Å². The first kappa shape index (κ1) is 13.8. The molecule has 0 spiro atoms. The minimum absolute atomic E-state index is 0.314. The third-order valence-corrected chi connectivity index (χ3v) is 5.63. The van der Waals surface area contributed by atoms with Crippen LogP contribution < -0.4 is 5.32 Å². The van der Waals surface area contributed by atoms with Crippen LogP contribution in [-0.2, 0) is 0 Å². The summed E-state index contributed by atoms with van der Waals surface area (Å²) in [6.45, 7) is 2.18. The van der Waals surface area contributed by atoms with E-state index >= 15 is 0 Å². The van der Waals surface area contributed by atoms with E-state index in [2.05, 4.69) is 96.3 Å². The van der Waals surface area contributed by atoms with Crippen LogP contribution in [0, 0.1) is 3.57 Å². The maximum atomic E-state index is 3.53. The SMILES string of the molecule is CC(Nc1cc(Br)ccc1I)c1cc(Br)cs1. The van der Waals surface area contributed by atoms with E-state index in [4.69, 9.17) is 0 Å². The number of hydrogen-bond donors (Lipinski definition) is 1. The van der Waals surface area contributed by atoms with Crippen molar-refractivity contribution in [1.29, 1.82) is 0 Å². The van der Waals surface area contributed by atoms with Crippen LogP contribution in [0.4, 0.5) is 5.69 Å².